The molecule has 0 bridgehead atoms. The lowest BCUT2D eigenvalue weighted by atomic mass is 9.88. The lowest BCUT2D eigenvalue weighted by molar-refractivity contribution is 0.165. The number of carbonyl (C=O) groups excluding carboxylic acids is 1. The van der Waals surface area contributed by atoms with E-state index in [0.29, 0.717) is 5.92 Å². The van der Waals surface area contributed by atoms with Crippen molar-refractivity contribution in [2.24, 2.45) is 5.92 Å². The number of aryl methyl sites for hydroxylation is 1. The predicted molar refractivity (Wildman–Crippen MR) is 80.6 cm³/mol. The first-order chi connectivity index (χ1) is 9.74. The van der Waals surface area contributed by atoms with Gasteiger partial charge in [0.05, 0.1) is 6.04 Å². The van der Waals surface area contributed by atoms with Gasteiger partial charge in [-0.1, -0.05) is 31.2 Å². The van der Waals surface area contributed by atoms with Crippen LogP contribution in [0.25, 0.3) is 0 Å². The van der Waals surface area contributed by atoms with Gasteiger partial charge in [-0.05, 0) is 49.1 Å². The summed E-state index contributed by atoms with van der Waals surface area (Å²) in [4.78, 5) is 14.4. The Labute approximate surface area is 121 Å². The number of benzene rings is 1. The van der Waals surface area contributed by atoms with Gasteiger partial charge in [-0.2, -0.15) is 0 Å². The van der Waals surface area contributed by atoms with Crippen LogP contribution in [0.15, 0.2) is 24.3 Å². The van der Waals surface area contributed by atoms with Crippen LogP contribution in [0, 0.1) is 5.92 Å². The summed E-state index contributed by atoms with van der Waals surface area (Å²) in [6.07, 6.45) is 5.75. The molecule has 1 aromatic carbocycles. The quantitative estimate of drug-likeness (QED) is 0.833. The van der Waals surface area contributed by atoms with Crippen LogP contribution in [0.3, 0.4) is 0 Å². The van der Waals surface area contributed by atoms with Crippen molar-refractivity contribution in [2.75, 3.05) is 13.1 Å². The molecule has 1 heterocycles. The van der Waals surface area contributed by atoms with Crippen molar-refractivity contribution in [3.63, 3.8) is 0 Å². The Morgan fingerprint density at radius 2 is 2.10 bits per heavy atom. The fraction of sp³-hybridized carbons (Fsp3) is 0.588. The van der Waals surface area contributed by atoms with Crippen molar-refractivity contribution in [3.05, 3.63) is 35.4 Å². The Hall–Kier alpha value is -1.51. The molecular weight excluding hydrogens is 248 g/mol. The zero-order valence-electron chi connectivity index (χ0n) is 12.3. The van der Waals surface area contributed by atoms with Crippen molar-refractivity contribution in [2.45, 2.75) is 45.1 Å². The number of piperidine rings is 1. The second kappa shape index (κ2) is 5.86. The largest absolute Gasteiger partial charge is 0.331 e. The number of amides is 2. The molecule has 3 rings (SSSR count). The van der Waals surface area contributed by atoms with E-state index in [1.165, 1.54) is 24.0 Å². The molecule has 3 nitrogen and oxygen atoms in total. The minimum atomic E-state index is 0.123. The first-order valence-corrected chi connectivity index (χ1v) is 7.87. The molecule has 1 fully saturated rings. The number of hydrogen-bond acceptors (Lipinski definition) is 1. The van der Waals surface area contributed by atoms with Crippen molar-refractivity contribution in [1.82, 2.24) is 10.2 Å². The summed E-state index contributed by atoms with van der Waals surface area (Å²) in [5.41, 5.74) is 2.72. The molecule has 1 aromatic rings. The van der Waals surface area contributed by atoms with E-state index in [4.69, 9.17) is 0 Å². The van der Waals surface area contributed by atoms with Crippen LogP contribution in [0.4, 0.5) is 4.79 Å². The molecule has 2 atom stereocenters. The van der Waals surface area contributed by atoms with E-state index in [0.717, 1.165) is 32.4 Å². The highest BCUT2D eigenvalue weighted by atomic mass is 16.2. The van der Waals surface area contributed by atoms with E-state index in [1.807, 2.05) is 4.90 Å². The second-order valence-electron chi connectivity index (χ2n) is 6.29. The number of rotatable bonds is 1. The molecule has 0 aromatic heterocycles. The van der Waals surface area contributed by atoms with Crippen LogP contribution in [0.1, 0.15) is 49.8 Å². The first kappa shape index (κ1) is 13.5. The number of carbonyl (C=O) groups is 1. The number of urea groups is 1. The van der Waals surface area contributed by atoms with E-state index < -0.39 is 0 Å². The zero-order chi connectivity index (χ0) is 13.9. The summed E-state index contributed by atoms with van der Waals surface area (Å²) in [6.45, 7) is 4.04. The van der Waals surface area contributed by atoms with Gasteiger partial charge >= 0.3 is 6.03 Å². The molecule has 1 aliphatic carbocycles. The molecule has 0 spiro atoms. The Kier molecular flexibility index (Phi) is 3.95. The molecule has 108 valence electrons. The number of nitrogens with one attached hydrogen (secondary N) is 1. The third kappa shape index (κ3) is 2.82. The topological polar surface area (TPSA) is 32.3 Å². The summed E-state index contributed by atoms with van der Waals surface area (Å²) >= 11 is 0. The van der Waals surface area contributed by atoms with Gasteiger partial charge in [-0.3, -0.25) is 0 Å². The van der Waals surface area contributed by atoms with Gasteiger partial charge in [0.25, 0.3) is 0 Å². The summed E-state index contributed by atoms with van der Waals surface area (Å²) in [5, 5.41) is 3.25. The van der Waals surface area contributed by atoms with Crippen LogP contribution in [0.2, 0.25) is 0 Å². The summed E-state index contributed by atoms with van der Waals surface area (Å²) in [6, 6.07) is 8.85. The van der Waals surface area contributed by atoms with E-state index in [-0.39, 0.29) is 12.1 Å². The summed E-state index contributed by atoms with van der Waals surface area (Å²) < 4.78 is 0. The van der Waals surface area contributed by atoms with E-state index in [1.54, 1.807) is 0 Å². The van der Waals surface area contributed by atoms with E-state index in [2.05, 4.69) is 36.5 Å². The Morgan fingerprint density at radius 3 is 2.95 bits per heavy atom. The molecule has 0 radical (unpaired) electrons. The molecular formula is C17H24N2O. The lowest BCUT2D eigenvalue weighted by Crippen LogP contribution is -2.46. The number of hydrogen-bond donors (Lipinski definition) is 1. The fourth-order valence-electron chi connectivity index (χ4n) is 3.52. The average molecular weight is 272 g/mol. The van der Waals surface area contributed by atoms with Crippen LogP contribution in [0.5, 0.6) is 0 Å². The number of fused-ring (bicyclic) bond motifs is 1. The zero-order valence-corrected chi connectivity index (χ0v) is 12.3. The number of nitrogens with zero attached hydrogens (tertiary/aromatic N) is 1. The van der Waals surface area contributed by atoms with Crippen LogP contribution in [-0.4, -0.2) is 24.0 Å². The number of likely N-dealkylation sites (tertiary alicyclic amines) is 1. The highest BCUT2D eigenvalue weighted by Crippen LogP contribution is 2.29. The monoisotopic (exact) mass is 272 g/mol. The maximum Gasteiger partial charge on any atom is 0.317 e. The molecule has 1 aliphatic heterocycles. The molecule has 2 amide bonds. The summed E-state index contributed by atoms with van der Waals surface area (Å²) in [5.74, 6) is 0.633. The smallest absolute Gasteiger partial charge is 0.317 e. The lowest BCUT2D eigenvalue weighted by Gasteiger charge is -2.34. The standard InChI is InChI=1S/C17H24N2O/c1-13-6-5-11-19(12-13)17(20)18-16-10-4-8-14-7-2-3-9-15(14)16/h2-3,7,9,13,16H,4-6,8,10-12H2,1H3,(H,18,20). The molecule has 1 saturated heterocycles. The van der Waals surface area contributed by atoms with E-state index in [9.17, 15) is 4.79 Å². The average Bonchev–Trinajstić information content (AvgIpc) is 2.47. The highest BCUT2D eigenvalue weighted by Gasteiger charge is 2.25. The van der Waals surface area contributed by atoms with Gasteiger partial charge in [0.15, 0.2) is 0 Å². The van der Waals surface area contributed by atoms with Gasteiger partial charge in [0, 0.05) is 13.1 Å². The van der Waals surface area contributed by atoms with E-state index >= 15 is 0 Å². The maximum absolute atomic E-state index is 12.4. The minimum Gasteiger partial charge on any atom is -0.331 e. The Balaban J connectivity index is 1.68. The third-order valence-electron chi connectivity index (χ3n) is 4.61. The van der Waals surface area contributed by atoms with Gasteiger partial charge < -0.3 is 10.2 Å². The maximum atomic E-state index is 12.4. The second-order valence-corrected chi connectivity index (χ2v) is 6.29. The Morgan fingerprint density at radius 1 is 1.25 bits per heavy atom. The third-order valence-corrected chi connectivity index (χ3v) is 4.61. The summed E-state index contributed by atoms with van der Waals surface area (Å²) in [7, 11) is 0. The van der Waals surface area contributed by atoms with Gasteiger partial charge in [-0.15, -0.1) is 0 Å². The fourth-order valence-corrected chi connectivity index (χ4v) is 3.52. The van der Waals surface area contributed by atoms with Crippen LogP contribution >= 0.6 is 0 Å². The van der Waals surface area contributed by atoms with Crippen LogP contribution < -0.4 is 5.32 Å². The molecule has 2 unspecified atom stereocenters. The van der Waals surface area contributed by atoms with Crippen molar-refractivity contribution < 1.29 is 4.79 Å². The predicted octanol–water partition coefficient (Wildman–Crippen LogP) is 3.51. The normalized spacial score (nSPS) is 25.9. The first-order valence-electron chi connectivity index (χ1n) is 7.87. The highest BCUT2D eigenvalue weighted by molar-refractivity contribution is 5.75. The SMILES string of the molecule is CC1CCCN(C(=O)NC2CCCc3ccccc32)C1. The molecule has 20 heavy (non-hydrogen) atoms. The molecule has 1 N–H and O–H groups in total. The van der Waals surface area contributed by atoms with Gasteiger partial charge in [-0.25, -0.2) is 4.79 Å². The molecule has 0 saturated carbocycles. The molecule has 2 aliphatic rings. The van der Waals surface area contributed by atoms with Crippen molar-refractivity contribution >= 4 is 6.03 Å². The van der Waals surface area contributed by atoms with Crippen molar-refractivity contribution in [3.8, 4) is 0 Å². The van der Waals surface area contributed by atoms with Gasteiger partial charge in [0.2, 0.25) is 0 Å². The van der Waals surface area contributed by atoms with Crippen LogP contribution in [-0.2, 0) is 6.42 Å². The Bertz CT molecular complexity index is 486. The molecule has 3 heteroatoms. The van der Waals surface area contributed by atoms with Crippen molar-refractivity contribution in [1.29, 1.82) is 0 Å². The minimum absolute atomic E-state index is 0.123. The van der Waals surface area contributed by atoms with Gasteiger partial charge in [0.1, 0.15) is 0 Å².